The Morgan fingerprint density at radius 1 is 1.19 bits per heavy atom. The molecule has 1 amide bonds. The number of aromatic amines is 1. The van der Waals surface area contributed by atoms with Gasteiger partial charge in [0.2, 0.25) is 5.91 Å². The van der Waals surface area contributed by atoms with Crippen LogP contribution in [0.15, 0.2) is 47.5 Å². The highest BCUT2D eigenvalue weighted by molar-refractivity contribution is 6.18. The molecule has 2 aromatic carbocycles. The predicted octanol–water partition coefficient (Wildman–Crippen LogP) is 3.98. The summed E-state index contributed by atoms with van der Waals surface area (Å²) in [6.45, 7) is 2.17. The van der Waals surface area contributed by atoms with Crippen LogP contribution in [0.5, 0.6) is 0 Å². The molecule has 4 nitrogen and oxygen atoms in total. The van der Waals surface area contributed by atoms with E-state index in [1.165, 1.54) is 11.1 Å². The fourth-order valence-corrected chi connectivity index (χ4v) is 4.10. The van der Waals surface area contributed by atoms with Gasteiger partial charge in [-0.2, -0.15) is 0 Å². The van der Waals surface area contributed by atoms with E-state index >= 15 is 0 Å². The topological polar surface area (TPSA) is 71.2 Å². The molecule has 1 aromatic heterocycles. The smallest absolute Gasteiger partial charge is 0.249 e. The maximum Gasteiger partial charge on any atom is 0.249 e. The van der Waals surface area contributed by atoms with Gasteiger partial charge in [0.1, 0.15) is 0 Å². The lowest BCUT2D eigenvalue weighted by atomic mass is 9.80. The van der Waals surface area contributed by atoms with Gasteiger partial charge < -0.3 is 10.7 Å². The minimum absolute atomic E-state index is 0.386. The van der Waals surface area contributed by atoms with Crippen LogP contribution in [0, 0.1) is 0 Å². The van der Waals surface area contributed by atoms with Crippen LogP contribution in [-0.4, -0.2) is 23.7 Å². The van der Waals surface area contributed by atoms with Gasteiger partial charge in [0.25, 0.3) is 0 Å². The van der Waals surface area contributed by atoms with Crippen LogP contribution in [0.1, 0.15) is 52.0 Å². The molecule has 4 rings (SSSR count). The summed E-state index contributed by atoms with van der Waals surface area (Å²) in [7, 11) is 1.83. The quantitative estimate of drug-likeness (QED) is 0.740. The van der Waals surface area contributed by atoms with Crippen molar-refractivity contribution in [1.82, 2.24) is 4.98 Å². The van der Waals surface area contributed by atoms with Crippen molar-refractivity contribution in [3.8, 4) is 0 Å². The number of nitrogens with one attached hydrogen (secondary N) is 1. The SMILES string of the molecule is CCc1ccc(C2C/C(=N/C)c3c([nH]c4cccc(C(N)=O)c34)C2)cc1. The number of H-pyrrole nitrogens is 1. The van der Waals surface area contributed by atoms with Crippen LogP contribution < -0.4 is 5.73 Å². The van der Waals surface area contributed by atoms with Crippen LogP contribution in [0.25, 0.3) is 10.9 Å². The molecular formula is C22H23N3O. The third-order valence-corrected chi connectivity index (χ3v) is 5.48. The molecule has 0 saturated carbocycles. The van der Waals surface area contributed by atoms with Gasteiger partial charge in [-0.3, -0.25) is 9.79 Å². The summed E-state index contributed by atoms with van der Waals surface area (Å²) in [6.07, 6.45) is 2.83. The number of carbonyl (C=O) groups is 1. The number of hydrogen-bond acceptors (Lipinski definition) is 2. The number of aromatic nitrogens is 1. The van der Waals surface area contributed by atoms with Crippen LogP contribution in [-0.2, 0) is 12.8 Å². The van der Waals surface area contributed by atoms with Gasteiger partial charge in [-0.05, 0) is 48.4 Å². The monoisotopic (exact) mass is 345 g/mol. The average Bonchev–Trinajstić information content (AvgIpc) is 3.05. The Hall–Kier alpha value is -2.88. The molecule has 26 heavy (non-hydrogen) atoms. The zero-order valence-corrected chi connectivity index (χ0v) is 15.2. The van der Waals surface area contributed by atoms with Crippen molar-refractivity contribution in [2.45, 2.75) is 32.1 Å². The Labute approximate surface area is 153 Å². The number of benzene rings is 2. The number of amides is 1. The minimum atomic E-state index is -0.398. The number of aryl methyl sites for hydroxylation is 1. The van der Waals surface area contributed by atoms with Gasteiger partial charge in [-0.25, -0.2) is 0 Å². The lowest BCUT2D eigenvalue weighted by Crippen LogP contribution is -2.20. The number of hydrogen-bond donors (Lipinski definition) is 2. The summed E-state index contributed by atoms with van der Waals surface area (Å²) < 4.78 is 0. The molecule has 1 aliphatic rings. The van der Waals surface area contributed by atoms with Gasteiger partial charge in [0, 0.05) is 40.5 Å². The molecule has 0 fully saturated rings. The fourth-order valence-electron chi connectivity index (χ4n) is 4.10. The molecule has 0 aliphatic heterocycles. The van der Waals surface area contributed by atoms with E-state index in [1.54, 1.807) is 6.07 Å². The first-order valence-electron chi connectivity index (χ1n) is 9.10. The zero-order chi connectivity index (χ0) is 18.3. The van der Waals surface area contributed by atoms with Crippen LogP contribution >= 0.6 is 0 Å². The summed E-state index contributed by atoms with van der Waals surface area (Å²) >= 11 is 0. The standard InChI is InChI=1S/C22H23N3O/c1-3-13-7-9-14(10-8-13)15-11-18(24-2)21-19(12-15)25-17-6-4-5-16(20(17)21)22(23)26/h4-10,15,25H,3,11-12H2,1-2H3,(H2,23,26)/b24-18-. The number of aliphatic imine (C=N–C) groups is 1. The van der Waals surface area contributed by atoms with Gasteiger partial charge in [-0.1, -0.05) is 37.3 Å². The maximum atomic E-state index is 11.9. The molecule has 132 valence electrons. The third-order valence-electron chi connectivity index (χ3n) is 5.48. The van der Waals surface area contributed by atoms with Crippen molar-refractivity contribution >= 4 is 22.5 Å². The summed E-state index contributed by atoms with van der Waals surface area (Å²) in [5.74, 6) is -0.0117. The number of nitrogens with zero attached hydrogens (tertiary/aromatic N) is 1. The average molecular weight is 345 g/mol. The molecule has 4 heteroatoms. The first-order chi connectivity index (χ1) is 12.6. The first kappa shape index (κ1) is 16.6. The summed E-state index contributed by atoms with van der Waals surface area (Å²) in [6, 6.07) is 14.6. The van der Waals surface area contributed by atoms with Crippen LogP contribution in [0.4, 0.5) is 0 Å². The molecule has 1 atom stereocenters. The lowest BCUT2D eigenvalue weighted by Gasteiger charge is -2.24. The van der Waals surface area contributed by atoms with Gasteiger partial charge in [0.05, 0.1) is 0 Å². The van der Waals surface area contributed by atoms with Crippen molar-refractivity contribution in [2.75, 3.05) is 7.05 Å². The Balaban J connectivity index is 1.83. The van der Waals surface area contributed by atoms with E-state index in [4.69, 9.17) is 5.73 Å². The summed E-state index contributed by atoms with van der Waals surface area (Å²) in [5.41, 5.74) is 13.1. The van der Waals surface area contributed by atoms with E-state index in [9.17, 15) is 4.79 Å². The second-order valence-corrected chi connectivity index (χ2v) is 6.94. The normalized spacial score (nSPS) is 18.2. The van der Waals surface area contributed by atoms with Crippen molar-refractivity contribution in [2.24, 2.45) is 10.7 Å². The van der Waals surface area contributed by atoms with Gasteiger partial charge in [-0.15, -0.1) is 0 Å². The van der Waals surface area contributed by atoms with Crippen LogP contribution in [0.2, 0.25) is 0 Å². The molecule has 1 aliphatic carbocycles. The number of carbonyl (C=O) groups excluding carboxylic acids is 1. The Kier molecular flexibility index (Phi) is 4.11. The van der Waals surface area contributed by atoms with Crippen LogP contribution in [0.3, 0.4) is 0 Å². The van der Waals surface area contributed by atoms with E-state index < -0.39 is 5.91 Å². The third kappa shape index (κ3) is 2.62. The molecule has 3 aromatic rings. The Morgan fingerprint density at radius 2 is 1.96 bits per heavy atom. The molecule has 3 N–H and O–H groups in total. The predicted molar refractivity (Wildman–Crippen MR) is 106 cm³/mol. The maximum absolute atomic E-state index is 11.9. The molecule has 0 saturated heterocycles. The number of rotatable bonds is 3. The van der Waals surface area contributed by atoms with E-state index in [1.807, 2.05) is 19.2 Å². The van der Waals surface area contributed by atoms with E-state index in [-0.39, 0.29) is 0 Å². The van der Waals surface area contributed by atoms with Crippen molar-refractivity contribution in [1.29, 1.82) is 0 Å². The molecule has 1 heterocycles. The highest BCUT2D eigenvalue weighted by Crippen LogP contribution is 2.37. The molecule has 0 spiro atoms. The molecule has 0 radical (unpaired) electrons. The second kappa shape index (κ2) is 6.45. The molecule has 1 unspecified atom stereocenters. The van der Waals surface area contributed by atoms with Crippen molar-refractivity contribution in [3.05, 3.63) is 70.4 Å². The lowest BCUT2D eigenvalue weighted by molar-refractivity contribution is 0.100. The van der Waals surface area contributed by atoms with Gasteiger partial charge >= 0.3 is 0 Å². The summed E-state index contributed by atoms with van der Waals surface area (Å²) in [4.78, 5) is 20.0. The number of fused-ring (bicyclic) bond motifs is 3. The molecular weight excluding hydrogens is 322 g/mol. The van der Waals surface area contributed by atoms with E-state index in [0.29, 0.717) is 11.5 Å². The van der Waals surface area contributed by atoms with Gasteiger partial charge in [0.15, 0.2) is 0 Å². The Morgan fingerprint density at radius 3 is 2.62 bits per heavy atom. The van der Waals surface area contributed by atoms with Crippen molar-refractivity contribution in [3.63, 3.8) is 0 Å². The van der Waals surface area contributed by atoms with E-state index in [2.05, 4.69) is 41.2 Å². The second-order valence-electron chi connectivity index (χ2n) is 6.94. The first-order valence-corrected chi connectivity index (χ1v) is 9.10. The number of nitrogens with two attached hydrogens (primary N) is 1. The fraction of sp³-hybridized carbons (Fsp3) is 0.273. The largest absolute Gasteiger partial charge is 0.366 e. The van der Waals surface area contributed by atoms with Crippen molar-refractivity contribution < 1.29 is 4.79 Å². The van der Waals surface area contributed by atoms with E-state index in [0.717, 1.165) is 47.1 Å². The Bertz CT molecular complexity index is 1010. The minimum Gasteiger partial charge on any atom is -0.366 e. The highest BCUT2D eigenvalue weighted by Gasteiger charge is 2.29. The zero-order valence-electron chi connectivity index (χ0n) is 15.2. The summed E-state index contributed by atoms with van der Waals surface area (Å²) in [5, 5.41) is 0.912. The number of primary amides is 1. The highest BCUT2D eigenvalue weighted by atomic mass is 16.1. The molecule has 0 bridgehead atoms.